The highest BCUT2D eigenvalue weighted by Gasteiger charge is 2.34. The number of hydrogen-bond donors (Lipinski definition) is 1. The van der Waals surface area contributed by atoms with Crippen LogP contribution < -0.4 is 9.64 Å². The van der Waals surface area contributed by atoms with Gasteiger partial charge < -0.3 is 9.72 Å². The van der Waals surface area contributed by atoms with Gasteiger partial charge in [-0.25, -0.2) is 0 Å². The van der Waals surface area contributed by atoms with Crippen molar-refractivity contribution in [1.82, 2.24) is 4.98 Å². The number of aromatic amines is 1. The number of benzene rings is 2. The number of rotatable bonds is 4. The van der Waals surface area contributed by atoms with Crippen molar-refractivity contribution < 1.29 is 14.3 Å². The van der Waals surface area contributed by atoms with E-state index >= 15 is 0 Å². The Labute approximate surface area is 165 Å². The lowest BCUT2D eigenvalue weighted by atomic mass is 10.1. The number of aromatic nitrogens is 1. The van der Waals surface area contributed by atoms with Gasteiger partial charge in [-0.3, -0.25) is 14.5 Å². The molecule has 1 amide bonds. The second-order valence-electron chi connectivity index (χ2n) is 5.83. The number of carbonyl (C=O) groups excluding carboxylic acids is 2. The zero-order valence-electron chi connectivity index (χ0n) is 14.3. The van der Waals surface area contributed by atoms with Crippen molar-refractivity contribution in [3.05, 3.63) is 71.3 Å². The van der Waals surface area contributed by atoms with Gasteiger partial charge in [0.2, 0.25) is 0 Å². The number of amides is 1. The van der Waals surface area contributed by atoms with E-state index in [1.165, 1.54) is 11.0 Å². The van der Waals surface area contributed by atoms with Crippen LogP contribution in [0.5, 0.6) is 5.75 Å². The average Bonchev–Trinajstić information content (AvgIpc) is 3.23. The second-order valence-corrected chi connectivity index (χ2v) is 7.50. The van der Waals surface area contributed by atoms with Gasteiger partial charge in [0.05, 0.1) is 17.7 Å². The average molecular weight is 394 g/mol. The first-order valence-electron chi connectivity index (χ1n) is 8.11. The van der Waals surface area contributed by atoms with E-state index in [2.05, 4.69) is 4.98 Å². The van der Waals surface area contributed by atoms with E-state index in [0.29, 0.717) is 26.2 Å². The van der Waals surface area contributed by atoms with Crippen LogP contribution in [-0.2, 0) is 4.79 Å². The van der Waals surface area contributed by atoms with Gasteiger partial charge in [0.25, 0.3) is 5.91 Å². The molecule has 0 unspecified atom stereocenters. The number of nitrogens with one attached hydrogen (secondary N) is 1. The molecule has 1 aliphatic rings. The molecule has 0 atom stereocenters. The number of thioether (sulfide) groups is 1. The molecule has 0 radical (unpaired) electrons. The minimum absolute atomic E-state index is 0.234. The van der Waals surface area contributed by atoms with Crippen molar-refractivity contribution in [2.24, 2.45) is 0 Å². The van der Waals surface area contributed by atoms with E-state index in [9.17, 15) is 9.59 Å². The fraction of sp³-hybridized carbons (Fsp3) is 0.0500. The highest BCUT2D eigenvalue weighted by atomic mass is 32.2. The number of ether oxygens (including phenoxy) is 1. The van der Waals surface area contributed by atoms with E-state index in [1.807, 2.05) is 24.3 Å². The smallest absolute Gasteiger partial charge is 0.270 e. The molecule has 2 heterocycles. The largest absolute Gasteiger partial charge is 0.497 e. The fourth-order valence-electron chi connectivity index (χ4n) is 2.89. The van der Waals surface area contributed by atoms with Crippen molar-refractivity contribution in [3.8, 4) is 5.75 Å². The fourth-order valence-corrected chi connectivity index (χ4v) is 4.16. The number of methoxy groups -OCH3 is 1. The molecule has 1 fully saturated rings. The SMILES string of the molecule is COc1ccc(N2C(=O)/C(=C/C(=O)c3c[nH]c4ccccc34)SC2=S)cc1. The zero-order chi connectivity index (χ0) is 19.0. The Balaban J connectivity index is 1.63. The van der Waals surface area contributed by atoms with Gasteiger partial charge >= 0.3 is 0 Å². The van der Waals surface area contributed by atoms with E-state index in [4.69, 9.17) is 17.0 Å². The third-order valence-corrected chi connectivity index (χ3v) is 5.54. The summed E-state index contributed by atoms with van der Waals surface area (Å²) >= 11 is 6.47. The molecular weight excluding hydrogens is 380 g/mol. The standard InChI is InChI=1S/C20H14N2O3S2/c1-25-13-8-6-12(7-9-13)22-19(24)18(27-20(22)26)10-17(23)15-11-21-16-5-3-2-4-14(15)16/h2-11,21H,1H3/b18-10-. The molecule has 2 aromatic carbocycles. The summed E-state index contributed by atoms with van der Waals surface area (Å²) in [4.78, 5) is 30.3. The number of allylic oxidation sites excluding steroid dienone is 1. The maximum Gasteiger partial charge on any atom is 0.270 e. The van der Waals surface area contributed by atoms with E-state index in [1.54, 1.807) is 37.6 Å². The Bertz CT molecular complexity index is 1100. The second kappa shape index (κ2) is 7.02. The van der Waals surface area contributed by atoms with Gasteiger partial charge in [0, 0.05) is 28.7 Å². The minimum atomic E-state index is -0.302. The molecular formula is C20H14N2O3S2. The van der Waals surface area contributed by atoms with Crippen LogP contribution in [0.15, 0.2) is 65.7 Å². The summed E-state index contributed by atoms with van der Waals surface area (Å²) in [7, 11) is 1.58. The maximum absolute atomic E-state index is 12.8. The van der Waals surface area contributed by atoms with Crippen LogP contribution in [0.3, 0.4) is 0 Å². The van der Waals surface area contributed by atoms with Gasteiger partial charge in [-0.2, -0.15) is 0 Å². The third-order valence-electron chi connectivity index (χ3n) is 4.24. The third kappa shape index (κ3) is 3.15. The number of fused-ring (bicyclic) bond motifs is 1. The topological polar surface area (TPSA) is 62.4 Å². The van der Waals surface area contributed by atoms with Crippen molar-refractivity contribution >= 4 is 56.6 Å². The summed E-state index contributed by atoms with van der Waals surface area (Å²) in [6.07, 6.45) is 3.02. The molecule has 0 aliphatic carbocycles. The molecule has 1 aliphatic heterocycles. The van der Waals surface area contributed by atoms with Gasteiger partial charge in [0.1, 0.15) is 5.75 Å². The monoisotopic (exact) mass is 394 g/mol. The lowest BCUT2D eigenvalue weighted by Crippen LogP contribution is -2.27. The molecule has 0 saturated carbocycles. The Kier molecular flexibility index (Phi) is 4.55. The van der Waals surface area contributed by atoms with Crippen LogP contribution in [0.25, 0.3) is 10.9 Å². The molecule has 134 valence electrons. The molecule has 0 bridgehead atoms. The Morgan fingerprint density at radius 2 is 1.93 bits per heavy atom. The summed E-state index contributed by atoms with van der Waals surface area (Å²) in [6.45, 7) is 0. The van der Waals surface area contributed by atoms with Gasteiger partial charge in [-0.05, 0) is 30.3 Å². The highest BCUT2D eigenvalue weighted by molar-refractivity contribution is 8.27. The molecule has 1 N–H and O–H groups in total. The number of H-pyrrole nitrogens is 1. The number of para-hydroxylation sites is 1. The number of thiocarbonyl (C=S) groups is 1. The predicted molar refractivity (Wildman–Crippen MR) is 111 cm³/mol. The van der Waals surface area contributed by atoms with Crippen LogP contribution in [-0.4, -0.2) is 28.1 Å². The summed E-state index contributed by atoms with van der Waals surface area (Å²) in [5, 5.41) is 0.824. The number of anilines is 1. The first-order valence-corrected chi connectivity index (χ1v) is 9.33. The molecule has 1 aromatic heterocycles. The van der Waals surface area contributed by atoms with Crippen molar-refractivity contribution in [3.63, 3.8) is 0 Å². The predicted octanol–water partition coefficient (Wildman–Crippen LogP) is 4.31. The Hall–Kier alpha value is -2.90. The Morgan fingerprint density at radius 1 is 1.19 bits per heavy atom. The number of nitrogens with zero attached hydrogens (tertiary/aromatic N) is 1. The van der Waals surface area contributed by atoms with Crippen molar-refractivity contribution in [1.29, 1.82) is 0 Å². The summed E-state index contributed by atoms with van der Waals surface area (Å²) in [5.74, 6) is 0.153. The normalized spacial score (nSPS) is 15.7. The molecule has 7 heteroatoms. The van der Waals surface area contributed by atoms with Crippen LogP contribution >= 0.6 is 24.0 Å². The first-order chi connectivity index (χ1) is 13.1. The number of ketones is 1. The highest BCUT2D eigenvalue weighted by Crippen LogP contribution is 2.35. The van der Waals surface area contributed by atoms with Gasteiger partial charge in [-0.15, -0.1) is 0 Å². The quantitative estimate of drug-likeness (QED) is 0.406. The Morgan fingerprint density at radius 3 is 2.67 bits per heavy atom. The van der Waals surface area contributed by atoms with Crippen molar-refractivity contribution in [2.75, 3.05) is 12.0 Å². The van der Waals surface area contributed by atoms with Crippen LogP contribution in [0, 0.1) is 0 Å². The molecule has 1 saturated heterocycles. The lowest BCUT2D eigenvalue weighted by molar-refractivity contribution is -0.113. The molecule has 27 heavy (non-hydrogen) atoms. The minimum Gasteiger partial charge on any atom is -0.497 e. The van der Waals surface area contributed by atoms with E-state index < -0.39 is 0 Å². The van der Waals surface area contributed by atoms with Crippen molar-refractivity contribution in [2.45, 2.75) is 0 Å². The van der Waals surface area contributed by atoms with Crippen LogP contribution in [0.2, 0.25) is 0 Å². The van der Waals surface area contributed by atoms with Gasteiger partial charge in [-0.1, -0.05) is 42.2 Å². The van der Waals surface area contributed by atoms with E-state index in [0.717, 1.165) is 22.7 Å². The molecule has 5 nitrogen and oxygen atoms in total. The maximum atomic E-state index is 12.8. The molecule has 3 aromatic rings. The first kappa shape index (κ1) is 17.5. The summed E-state index contributed by atoms with van der Waals surface area (Å²) in [6, 6.07) is 14.6. The van der Waals surface area contributed by atoms with Gasteiger partial charge in [0.15, 0.2) is 10.1 Å². The van der Waals surface area contributed by atoms with Crippen LogP contribution in [0.1, 0.15) is 10.4 Å². The van der Waals surface area contributed by atoms with E-state index in [-0.39, 0.29) is 11.7 Å². The molecule has 0 spiro atoms. The summed E-state index contributed by atoms with van der Waals surface area (Å²) < 4.78 is 5.53. The number of carbonyl (C=O) groups is 2. The summed E-state index contributed by atoms with van der Waals surface area (Å²) in [5.41, 5.74) is 2.04. The zero-order valence-corrected chi connectivity index (χ0v) is 15.9. The van der Waals surface area contributed by atoms with Crippen LogP contribution in [0.4, 0.5) is 5.69 Å². The molecule has 4 rings (SSSR count). The lowest BCUT2D eigenvalue weighted by Gasteiger charge is -2.14. The number of hydrogen-bond acceptors (Lipinski definition) is 5.